The number of nitrogens with one attached hydrogen (secondary N) is 1. The second-order valence-corrected chi connectivity index (χ2v) is 4.80. The van der Waals surface area contributed by atoms with Crippen LogP contribution in [-0.4, -0.2) is 18.1 Å². The van der Waals surface area contributed by atoms with E-state index in [1.54, 1.807) is 13.3 Å². The molecular formula is C16H20N2O2. The van der Waals surface area contributed by atoms with Gasteiger partial charge in [-0.25, -0.2) is 0 Å². The molecule has 0 aliphatic heterocycles. The molecule has 0 radical (unpaired) electrons. The number of rotatable bonds is 6. The highest BCUT2D eigenvalue weighted by atomic mass is 16.5. The van der Waals surface area contributed by atoms with Crippen LogP contribution in [0, 0.1) is 0 Å². The number of aromatic nitrogens is 1. The molecule has 1 aromatic heterocycles. The Morgan fingerprint density at radius 1 is 1.20 bits per heavy atom. The van der Waals surface area contributed by atoms with Crippen molar-refractivity contribution in [2.75, 3.05) is 7.11 Å². The van der Waals surface area contributed by atoms with E-state index >= 15 is 0 Å². The second kappa shape index (κ2) is 6.91. The highest BCUT2D eigenvalue weighted by Gasteiger charge is 2.06. The normalized spacial score (nSPS) is 10.6. The van der Waals surface area contributed by atoms with E-state index in [2.05, 4.69) is 24.1 Å². The lowest BCUT2D eigenvalue weighted by Crippen LogP contribution is -2.22. The van der Waals surface area contributed by atoms with Crippen LogP contribution >= 0.6 is 0 Å². The summed E-state index contributed by atoms with van der Waals surface area (Å²) in [6.45, 7) is 4.95. The smallest absolute Gasteiger partial charge is 0.134 e. The van der Waals surface area contributed by atoms with Crippen molar-refractivity contribution in [1.82, 2.24) is 10.3 Å². The molecule has 2 aromatic rings. The third-order valence-electron chi connectivity index (χ3n) is 2.83. The molecule has 0 unspecified atom stereocenters. The van der Waals surface area contributed by atoms with Crippen LogP contribution in [0.5, 0.6) is 17.2 Å². The van der Waals surface area contributed by atoms with Gasteiger partial charge in [0, 0.05) is 36.6 Å². The van der Waals surface area contributed by atoms with Gasteiger partial charge >= 0.3 is 0 Å². The summed E-state index contributed by atoms with van der Waals surface area (Å²) in [5, 5.41) is 3.37. The maximum Gasteiger partial charge on any atom is 0.134 e. The number of ether oxygens (including phenoxy) is 2. The van der Waals surface area contributed by atoms with Gasteiger partial charge in [0.1, 0.15) is 17.2 Å². The summed E-state index contributed by atoms with van der Waals surface area (Å²) in [5.74, 6) is 2.33. The first kappa shape index (κ1) is 14.3. The molecule has 4 heteroatoms. The van der Waals surface area contributed by atoms with Crippen LogP contribution in [-0.2, 0) is 6.54 Å². The summed E-state index contributed by atoms with van der Waals surface area (Å²) in [4.78, 5) is 4.15. The fraction of sp³-hybridized carbons (Fsp3) is 0.312. The highest BCUT2D eigenvalue weighted by Crippen LogP contribution is 2.27. The topological polar surface area (TPSA) is 43.4 Å². The first-order valence-electron chi connectivity index (χ1n) is 6.67. The molecule has 0 spiro atoms. The van der Waals surface area contributed by atoms with Crippen molar-refractivity contribution >= 4 is 0 Å². The second-order valence-electron chi connectivity index (χ2n) is 4.80. The SMILES string of the molecule is COc1cccc(Oc2ccncc2CNC(C)C)c1. The zero-order valence-corrected chi connectivity index (χ0v) is 12.1. The molecule has 0 aliphatic carbocycles. The van der Waals surface area contributed by atoms with E-state index < -0.39 is 0 Å². The van der Waals surface area contributed by atoms with Crippen molar-refractivity contribution in [3.8, 4) is 17.2 Å². The fourth-order valence-electron chi connectivity index (χ4n) is 1.75. The van der Waals surface area contributed by atoms with Crippen LogP contribution in [0.2, 0.25) is 0 Å². The largest absolute Gasteiger partial charge is 0.497 e. The number of nitrogens with zero attached hydrogens (tertiary/aromatic N) is 1. The molecule has 0 atom stereocenters. The Hall–Kier alpha value is -2.07. The van der Waals surface area contributed by atoms with Crippen LogP contribution < -0.4 is 14.8 Å². The summed E-state index contributed by atoms with van der Waals surface area (Å²) in [5.41, 5.74) is 1.03. The van der Waals surface area contributed by atoms with Crippen molar-refractivity contribution in [2.24, 2.45) is 0 Å². The predicted octanol–water partition coefficient (Wildman–Crippen LogP) is 3.38. The molecule has 0 aliphatic rings. The zero-order chi connectivity index (χ0) is 14.4. The van der Waals surface area contributed by atoms with Crippen molar-refractivity contribution in [2.45, 2.75) is 26.4 Å². The van der Waals surface area contributed by atoms with E-state index in [1.165, 1.54) is 0 Å². The Balaban J connectivity index is 2.15. The van der Waals surface area contributed by atoms with E-state index in [0.29, 0.717) is 6.04 Å². The van der Waals surface area contributed by atoms with Crippen molar-refractivity contribution in [3.05, 3.63) is 48.3 Å². The minimum absolute atomic E-state index is 0.417. The first-order chi connectivity index (χ1) is 9.69. The maximum atomic E-state index is 5.92. The van der Waals surface area contributed by atoms with E-state index in [1.807, 2.05) is 36.5 Å². The number of benzene rings is 1. The molecule has 0 amide bonds. The average molecular weight is 272 g/mol. The quantitative estimate of drug-likeness (QED) is 0.875. The number of methoxy groups -OCH3 is 1. The molecule has 0 fully saturated rings. The summed E-state index contributed by atoms with van der Waals surface area (Å²) < 4.78 is 11.1. The number of hydrogen-bond donors (Lipinski definition) is 1. The monoisotopic (exact) mass is 272 g/mol. The van der Waals surface area contributed by atoms with E-state index in [9.17, 15) is 0 Å². The summed E-state index contributed by atoms with van der Waals surface area (Å²) >= 11 is 0. The molecule has 1 heterocycles. The molecule has 20 heavy (non-hydrogen) atoms. The molecule has 0 saturated carbocycles. The van der Waals surface area contributed by atoms with Gasteiger partial charge in [-0.3, -0.25) is 4.98 Å². The summed E-state index contributed by atoms with van der Waals surface area (Å²) in [7, 11) is 1.64. The third kappa shape index (κ3) is 3.96. The van der Waals surface area contributed by atoms with Gasteiger partial charge in [-0.1, -0.05) is 19.9 Å². The highest BCUT2D eigenvalue weighted by molar-refractivity contribution is 5.39. The van der Waals surface area contributed by atoms with Gasteiger partial charge in [0.2, 0.25) is 0 Å². The Morgan fingerprint density at radius 3 is 2.75 bits per heavy atom. The van der Waals surface area contributed by atoms with Crippen LogP contribution in [0.1, 0.15) is 19.4 Å². The van der Waals surface area contributed by atoms with Crippen LogP contribution in [0.15, 0.2) is 42.7 Å². The lowest BCUT2D eigenvalue weighted by molar-refractivity contribution is 0.408. The van der Waals surface area contributed by atoms with Crippen LogP contribution in [0.25, 0.3) is 0 Å². The lowest BCUT2D eigenvalue weighted by atomic mass is 10.2. The maximum absolute atomic E-state index is 5.92. The minimum Gasteiger partial charge on any atom is -0.497 e. The van der Waals surface area contributed by atoms with Gasteiger partial charge < -0.3 is 14.8 Å². The molecule has 0 bridgehead atoms. The average Bonchev–Trinajstić information content (AvgIpc) is 2.46. The van der Waals surface area contributed by atoms with Crippen molar-refractivity contribution in [3.63, 3.8) is 0 Å². The third-order valence-corrected chi connectivity index (χ3v) is 2.83. The number of hydrogen-bond acceptors (Lipinski definition) is 4. The Kier molecular flexibility index (Phi) is 4.96. The molecular weight excluding hydrogens is 252 g/mol. The zero-order valence-electron chi connectivity index (χ0n) is 12.1. The number of pyridine rings is 1. The van der Waals surface area contributed by atoms with Crippen LogP contribution in [0.3, 0.4) is 0 Å². The van der Waals surface area contributed by atoms with Gasteiger partial charge in [-0.2, -0.15) is 0 Å². The predicted molar refractivity (Wildman–Crippen MR) is 79.3 cm³/mol. The van der Waals surface area contributed by atoms with Crippen LogP contribution in [0.4, 0.5) is 0 Å². The summed E-state index contributed by atoms with van der Waals surface area (Å²) in [6.07, 6.45) is 3.55. The molecule has 4 nitrogen and oxygen atoms in total. The van der Waals surface area contributed by atoms with E-state index in [0.717, 1.165) is 29.4 Å². The minimum atomic E-state index is 0.417. The van der Waals surface area contributed by atoms with E-state index in [4.69, 9.17) is 9.47 Å². The van der Waals surface area contributed by atoms with Gasteiger partial charge in [0.25, 0.3) is 0 Å². The first-order valence-corrected chi connectivity index (χ1v) is 6.67. The van der Waals surface area contributed by atoms with Gasteiger partial charge in [0.15, 0.2) is 0 Å². The summed E-state index contributed by atoms with van der Waals surface area (Å²) in [6, 6.07) is 9.85. The van der Waals surface area contributed by atoms with Crippen molar-refractivity contribution < 1.29 is 9.47 Å². The van der Waals surface area contributed by atoms with Gasteiger partial charge in [0.05, 0.1) is 7.11 Å². The fourth-order valence-corrected chi connectivity index (χ4v) is 1.75. The Bertz CT molecular complexity index is 556. The van der Waals surface area contributed by atoms with E-state index in [-0.39, 0.29) is 0 Å². The molecule has 106 valence electrons. The molecule has 1 N–H and O–H groups in total. The van der Waals surface area contributed by atoms with Gasteiger partial charge in [-0.05, 0) is 18.2 Å². The molecule has 2 rings (SSSR count). The van der Waals surface area contributed by atoms with Gasteiger partial charge in [-0.15, -0.1) is 0 Å². The Morgan fingerprint density at radius 2 is 2.00 bits per heavy atom. The molecule has 1 aromatic carbocycles. The Labute approximate surface area is 119 Å². The standard InChI is InChI=1S/C16H20N2O2/c1-12(2)18-11-13-10-17-8-7-16(13)20-15-6-4-5-14(9-15)19-3/h4-10,12,18H,11H2,1-3H3. The lowest BCUT2D eigenvalue weighted by Gasteiger charge is -2.13. The van der Waals surface area contributed by atoms with Crippen molar-refractivity contribution in [1.29, 1.82) is 0 Å². The molecule has 0 saturated heterocycles.